The summed E-state index contributed by atoms with van der Waals surface area (Å²) in [5, 5.41) is 9.41. The molecule has 23 heavy (non-hydrogen) atoms. The molecule has 2 aromatic carbocycles. The van der Waals surface area contributed by atoms with Gasteiger partial charge in [-0.2, -0.15) is 5.26 Å². The third-order valence-electron chi connectivity index (χ3n) is 3.85. The van der Waals surface area contributed by atoms with Crippen molar-refractivity contribution in [1.29, 1.82) is 5.26 Å². The molecule has 3 heteroatoms. The number of rotatable bonds is 7. The van der Waals surface area contributed by atoms with Crippen molar-refractivity contribution in [1.82, 2.24) is 0 Å². The van der Waals surface area contributed by atoms with Crippen molar-refractivity contribution in [2.45, 2.75) is 32.1 Å². The second-order valence-electron chi connectivity index (χ2n) is 5.82. The Hall–Kier alpha value is -2.47. The van der Waals surface area contributed by atoms with Crippen LogP contribution in [0.2, 0.25) is 0 Å². The molecule has 0 saturated heterocycles. The number of hydrogen-bond acceptors (Lipinski definition) is 3. The lowest BCUT2D eigenvalue weighted by Crippen LogP contribution is -2.05. The first-order valence-corrected chi connectivity index (χ1v) is 7.90. The Kier molecular flexibility index (Phi) is 6.05. The molecule has 0 bridgehead atoms. The maximum absolute atomic E-state index is 9.41. The van der Waals surface area contributed by atoms with Gasteiger partial charge in [0, 0.05) is 6.42 Å². The molecule has 0 aliphatic heterocycles. The maximum Gasteiger partial charge on any atom is 0.119 e. The summed E-state index contributed by atoms with van der Waals surface area (Å²) in [7, 11) is 1.63. The highest BCUT2D eigenvalue weighted by Crippen LogP contribution is 2.24. The Morgan fingerprint density at radius 3 is 2.30 bits per heavy atom. The molecule has 0 aromatic heterocycles. The minimum atomic E-state index is -0.196. The van der Waals surface area contributed by atoms with Crippen LogP contribution in [0.3, 0.4) is 0 Å². The fraction of sp³-hybridized carbons (Fsp3) is 0.350. The van der Waals surface area contributed by atoms with Gasteiger partial charge in [0.15, 0.2) is 0 Å². The minimum absolute atomic E-state index is 0.196. The highest BCUT2D eigenvalue weighted by molar-refractivity contribution is 5.33. The molecule has 120 valence electrons. The smallest absolute Gasteiger partial charge is 0.119 e. The molecule has 0 aliphatic carbocycles. The summed E-state index contributed by atoms with van der Waals surface area (Å²) in [5.41, 5.74) is 2.22. The van der Waals surface area contributed by atoms with Crippen molar-refractivity contribution in [2.24, 2.45) is 0 Å². The Bertz CT molecular complexity index is 673. The Morgan fingerprint density at radius 1 is 1.00 bits per heavy atom. The van der Waals surface area contributed by atoms with Crippen LogP contribution in [-0.2, 0) is 0 Å². The lowest BCUT2D eigenvalue weighted by atomic mass is 9.97. The van der Waals surface area contributed by atoms with Crippen molar-refractivity contribution in [3.05, 3.63) is 59.7 Å². The third kappa shape index (κ3) is 4.75. The van der Waals surface area contributed by atoms with E-state index < -0.39 is 0 Å². The summed E-state index contributed by atoms with van der Waals surface area (Å²) >= 11 is 0. The first-order valence-electron chi connectivity index (χ1n) is 7.90. The van der Waals surface area contributed by atoms with Crippen LogP contribution in [0.25, 0.3) is 0 Å². The Morgan fingerprint density at radius 2 is 1.65 bits per heavy atom. The van der Waals surface area contributed by atoms with Gasteiger partial charge in [-0.3, -0.25) is 0 Å². The van der Waals surface area contributed by atoms with Gasteiger partial charge < -0.3 is 9.47 Å². The van der Waals surface area contributed by atoms with Gasteiger partial charge in [0.25, 0.3) is 0 Å². The topological polar surface area (TPSA) is 42.2 Å². The van der Waals surface area contributed by atoms with Crippen LogP contribution in [0.5, 0.6) is 11.5 Å². The predicted octanol–water partition coefficient (Wildman–Crippen LogP) is 4.89. The van der Waals surface area contributed by atoms with Gasteiger partial charge in [-0.1, -0.05) is 38.1 Å². The third-order valence-corrected chi connectivity index (χ3v) is 3.85. The van der Waals surface area contributed by atoms with E-state index >= 15 is 0 Å². The van der Waals surface area contributed by atoms with Crippen molar-refractivity contribution < 1.29 is 9.47 Å². The average molecular weight is 309 g/mol. The van der Waals surface area contributed by atoms with E-state index in [4.69, 9.17) is 9.47 Å². The molecule has 0 fully saturated rings. The number of nitrogens with zero attached hydrogens (tertiary/aromatic N) is 1. The Labute approximate surface area is 138 Å². The van der Waals surface area contributed by atoms with Crippen LogP contribution in [-0.4, -0.2) is 13.7 Å². The van der Waals surface area contributed by atoms with Crippen molar-refractivity contribution in [2.75, 3.05) is 13.7 Å². The zero-order chi connectivity index (χ0) is 16.7. The first-order chi connectivity index (χ1) is 11.1. The fourth-order valence-electron chi connectivity index (χ4n) is 2.42. The molecule has 1 atom stereocenters. The average Bonchev–Trinajstić information content (AvgIpc) is 2.59. The molecule has 0 heterocycles. The molecule has 0 amide bonds. The second kappa shape index (κ2) is 8.24. The van der Waals surface area contributed by atoms with Crippen molar-refractivity contribution >= 4 is 0 Å². The molecular weight excluding hydrogens is 286 g/mol. The van der Waals surface area contributed by atoms with Gasteiger partial charge in [0.2, 0.25) is 0 Å². The minimum Gasteiger partial charge on any atom is -0.497 e. The standard InChI is InChI=1S/C20H23NO2/c1-15(2)16-6-4-9-20(12-16)23-11-10-18(14-21)17-7-5-8-19(13-17)22-3/h4-9,12-13,15,18H,10-11H2,1-3H3. The summed E-state index contributed by atoms with van der Waals surface area (Å²) in [6.45, 7) is 4.83. The number of hydrogen-bond donors (Lipinski definition) is 0. The highest BCUT2D eigenvalue weighted by atomic mass is 16.5. The Balaban J connectivity index is 1.96. The number of ether oxygens (including phenoxy) is 2. The molecule has 2 aromatic rings. The zero-order valence-electron chi connectivity index (χ0n) is 14.0. The van der Waals surface area contributed by atoms with E-state index in [1.54, 1.807) is 7.11 Å². The van der Waals surface area contributed by atoms with Crippen molar-refractivity contribution in [3.8, 4) is 17.6 Å². The predicted molar refractivity (Wildman–Crippen MR) is 92.0 cm³/mol. The normalized spacial score (nSPS) is 11.8. The molecule has 0 N–H and O–H groups in total. The summed E-state index contributed by atoms with van der Waals surface area (Å²) in [5.74, 6) is 1.91. The number of methoxy groups -OCH3 is 1. The van der Waals surface area contributed by atoms with Crippen LogP contribution in [0, 0.1) is 11.3 Å². The van der Waals surface area contributed by atoms with Crippen LogP contribution in [0.15, 0.2) is 48.5 Å². The van der Waals surface area contributed by atoms with Crippen molar-refractivity contribution in [3.63, 3.8) is 0 Å². The molecular formula is C20H23NO2. The van der Waals surface area contributed by atoms with E-state index in [2.05, 4.69) is 32.0 Å². The molecule has 0 aliphatic rings. The first kappa shape index (κ1) is 16.9. The van der Waals surface area contributed by atoms with Gasteiger partial charge in [-0.05, 0) is 41.3 Å². The fourth-order valence-corrected chi connectivity index (χ4v) is 2.42. The van der Waals surface area contributed by atoms with E-state index in [0.29, 0.717) is 18.9 Å². The van der Waals surface area contributed by atoms with E-state index in [1.807, 2.05) is 36.4 Å². The van der Waals surface area contributed by atoms with Crippen LogP contribution < -0.4 is 9.47 Å². The van der Waals surface area contributed by atoms with Gasteiger partial charge in [0.05, 0.1) is 25.7 Å². The summed E-state index contributed by atoms with van der Waals surface area (Å²) in [6, 6.07) is 18.1. The quantitative estimate of drug-likeness (QED) is 0.731. The lowest BCUT2D eigenvalue weighted by Gasteiger charge is -2.13. The molecule has 2 rings (SSSR count). The van der Waals surface area contributed by atoms with E-state index in [-0.39, 0.29) is 5.92 Å². The zero-order valence-corrected chi connectivity index (χ0v) is 14.0. The second-order valence-corrected chi connectivity index (χ2v) is 5.82. The SMILES string of the molecule is COc1cccc(C(C#N)CCOc2cccc(C(C)C)c2)c1. The molecule has 0 saturated carbocycles. The molecule has 1 unspecified atom stereocenters. The molecule has 3 nitrogen and oxygen atoms in total. The van der Waals surface area contributed by atoms with Gasteiger partial charge >= 0.3 is 0 Å². The van der Waals surface area contributed by atoms with Gasteiger partial charge in [-0.15, -0.1) is 0 Å². The summed E-state index contributed by atoms with van der Waals surface area (Å²) in [6.07, 6.45) is 0.648. The molecule has 0 radical (unpaired) electrons. The summed E-state index contributed by atoms with van der Waals surface area (Å²) in [4.78, 5) is 0. The van der Waals surface area contributed by atoms with E-state index in [1.165, 1.54) is 5.56 Å². The van der Waals surface area contributed by atoms with Gasteiger partial charge in [-0.25, -0.2) is 0 Å². The number of nitriles is 1. The maximum atomic E-state index is 9.41. The van der Waals surface area contributed by atoms with E-state index in [9.17, 15) is 5.26 Å². The molecule has 0 spiro atoms. The van der Waals surface area contributed by atoms with E-state index in [0.717, 1.165) is 17.1 Å². The van der Waals surface area contributed by atoms with Crippen LogP contribution in [0.1, 0.15) is 43.2 Å². The largest absolute Gasteiger partial charge is 0.497 e. The monoisotopic (exact) mass is 309 g/mol. The lowest BCUT2D eigenvalue weighted by molar-refractivity contribution is 0.305. The van der Waals surface area contributed by atoms with Crippen LogP contribution >= 0.6 is 0 Å². The van der Waals surface area contributed by atoms with Crippen LogP contribution in [0.4, 0.5) is 0 Å². The summed E-state index contributed by atoms with van der Waals surface area (Å²) < 4.78 is 11.0. The number of benzene rings is 2. The van der Waals surface area contributed by atoms with Gasteiger partial charge in [0.1, 0.15) is 11.5 Å². The highest BCUT2D eigenvalue weighted by Gasteiger charge is 2.12.